The number of fused-ring (bicyclic) bond motifs is 4. The van der Waals surface area contributed by atoms with Crippen molar-refractivity contribution in [3.63, 3.8) is 0 Å². The molecule has 0 unspecified atom stereocenters. The molecule has 44 heteroatoms. The molecule has 0 saturated heterocycles. The Bertz CT molecular complexity index is 8000. The highest BCUT2D eigenvalue weighted by Crippen LogP contribution is 2.43. The van der Waals surface area contributed by atoms with Gasteiger partial charge in [0.1, 0.15) is 50.6 Å². The normalized spacial score (nSPS) is 11.0. The molecule has 0 radical (unpaired) electrons. The van der Waals surface area contributed by atoms with Gasteiger partial charge in [-0.05, 0) is 157 Å². The lowest BCUT2D eigenvalue weighted by Crippen LogP contribution is -2.25. The number of nitro groups is 5. The van der Waals surface area contributed by atoms with Crippen LogP contribution in [0.3, 0.4) is 0 Å². The highest BCUT2D eigenvalue weighted by molar-refractivity contribution is 7.89. The van der Waals surface area contributed by atoms with Crippen LogP contribution in [0.2, 0.25) is 15.1 Å². The van der Waals surface area contributed by atoms with Crippen molar-refractivity contribution in [2.45, 2.75) is 43.4 Å². The molecule has 16 aromatic carbocycles. The van der Waals surface area contributed by atoms with Crippen LogP contribution in [0, 0.1) is 57.5 Å². The van der Waals surface area contributed by atoms with Gasteiger partial charge in [-0.2, -0.15) is 23.8 Å². The van der Waals surface area contributed by atoms with Crippen LogP contribution in [0.4, 0.5) is 89.2 Å². The van der Waals surface area contributed by atoms with Crippen LogP contribution in [0.15, 0.2) is 345 Å². The number of anilines is 6. The summed E-state index contributed by atoms with van der Waals surface area (Å²) < 4.78 is 62.0. The van der Waals surface area contributed by atoms with Gasteiger partial charge in [0.2, 0.25) is 10.0 Å². The summed E-state index contributed by atoms with van der Waals surface area (Å²) in [7, 11) is -7.49. The van der Waals surface area contributed by atoms with E-state index in [9.17, 15) is 111 Å². The Morgan fingerprint density at radius 3 is 1.44 bits per heavy atom. The fraction of sp³-hybridized carbons (Fsp3) is 0.0700. The Kier molecular flexibility index (Phi) is 36.2. The van der Waals surface area contributed by atoms with E-state index in [0.717, 1.165) is 64.2 Å². The standard InChI is InChI=1S/C23H17N3O2.C21H21N3O6S.C17H11ClN2O4.C17H11FN2O6S.C15H14N4O4.C7H6Cl2N2/c27-22-20(23(28)24-17-10-3-1-4-11-17)15-16-9-7-8-14-19(16)21(22)26-25-18-12-5-2-6-13-18;1-2-3-12-22-31(29,30)15-9-11-18(19(13-15)24(27)28)23-21(26)17-10-8-14-6-4-5-7-16(14)20(17)25;18-15-9-14(16(21)13-7-2-1-6-12(13)15)17(22)19-10-4-3-5-11(8-10)20(23)24;18-27(25,26)11-6-8-14(15(9-11)20(23)24)19-17(22)13-7-5-10-3-1-2-4-12(10)16(13)21;1-3-16-14-8-11(5-4-10(14)2)17-13-7-6-12(18(20)21)9-15(13)19(22)23;1-10-11-7-4-5(8)2-3-6(7)9/h1-15,27H,(H,24,28);4-11,13,22,25H,2-3,12H2,1H3,(H,23,26);1-9,21H,(H,19,22);1-9,21H,(H,19,22);3-9,17H,1-2H3;2-4H,1H3. The highest BCUT2D eigenvalue weighted by Gasteiger charge is 2.29. The Morgan fingerprint density at radius 2 is 0.882 bits per heavy atom. The number of carbonyl (C=O) groups is 4. The van der Waals surface area contributed by atoms with Crippen LogP contribution in [-0.2, 0) is 20.2 Å². The summed E-state index contributed by atoms with van der Waals surface area (Å²) in [4.78, 5) is 105. The molecule has 16 rings (SSSR count). The number of halogens is 4. The number of phenolic OH excluding ortho intramolecular Hbond substituents is 4. The molecule has 0 fully saturated rings. The third-order valence-corrected chi connectivity index (χ3v) is 23.8. The molecule has 10 N–H and O–H groups in total. The molecule has 0 aliphatic carbocycles. The first-order valence-electron chi connectivity index (χ1n) is 42.4. The van der Waals surface area contributed by atoms with Gasteiger partial charge in [-0.15, -0.1) is 9.00 Å². The molecule has 0 saturated carbocycles. The molecular weight excluding hydrogens is 1970 g/mol. The number of carbonyl (C=O) groups excluding carboxylic acids is 4. The van der Waals surface area contributed by atoms with E-state index in [2.05, 4.69) is 56.8 Å². The van der Waals surface area contributed by atoms with Crippen molar-refractivity contribution >= 4 is 213 Å². The van der Waals surface area contributed by atoms with E-state index in [1.54, 1.807) is 154 Å². The molecule has 732 valence electrons. The van der Waals surface area contributed by atoms with Crippen LogP contribution in [0.5, 0.6) is 23.0 Å². The maximum absolute atomic E-state index is 13.1. The zero-order valence-electron chi connectivity index (χ0n) is 75.6. The second-order valence-corrected chi connectivity index (χ2v) is 34.6. The van der Waals surface area contributed by atoms with E-state index < -0.39 is 84.8 Å². The summed E-state index contributed by atoms with van der Waals surface area (Å²) >= 11 is 17.6. The van der Waals surface area contributed by atoms with E-state index in [-0.39, 0.29) is 102 Å². The summed E-state index contributed by atoms with van der Waals surface area (Å²) in [6, 6.07) is 80.2. The largest absolute Gasteiger partial charge is 0.506 e. The number of hydrogen-bond acceptors (Lipinski definition) is 28. The number of non-ortho nitro benzene ring substituents is 2. The Hall–Kier alpha value is -18.0. The topological polar surface area (TPSA) is 567 Å². The molecule has 0 heterocycles. The van der Waals surface area contributed by atoms with Crippen molar-refractivity contribution in [2.24, 2.45) is 25.4 Å². The zero-order valence-corrected chi connectivity index (χ0v) is 79.5. The lowest BCUT2D eigenvalue weighted by atomic mass is 10.0. The maximum atomic E-state index is 13.1. The first-order chi connectivity index (χ1) is 68.8. The minimum Gasteiger partial charge on any atom is -0.506 e. The number of rotatable bonds is 25. The number of sulfonamides is 1. The van der Waals surface area contributed by atoms with Crippen molar-refractivity contribution < 1.29 is 84.9 Å². The lowest BCUT2D eigenvalue weighted by Gasteiger charge is -2.11. The van der Waals surface area contributed by atoms with E-state index in [1.165, 1.54) is 60.7 Å². The van der Waals surface area contributed by atoms with Gasteiger partial charge in [-0.3, -0.25) is 74.7 Å². The summed E-state index contributed by atoms with van der Waals surface area (Å²) in [6.07, 6.45) is 3.07. The molecule has 0 aliphatic rings. The number of nitrogens with zero attached hydrogens (tertiary/aromatic N) is 10. The number of aliphatic imine (C=N–C) groups is 1. The molecule has 4 amide bonds. The SMILES string of the molecule is CC=Nc1cc(Nc2ccc([N+](=O)[O-])cc2[N+](=O)[O-])ccc1C.CCCCNS(=O)(=O)c1ccc(NC(=O)c2ccc3ccccc3c2O)c([N+](=O)[O-])c1.CN=Nc1cc(Cl)ccc1Cl.O=C(Nc1ccc(S(=O)(=O)F)cc1[N+](=O)[O-])c1ccc2ccccc2c1O.O=C(Nc1cccc([N+](=O)[O-])c1)c1cc(Cl)c2ccccc2c1O.O=C(Nc1ccccc1)c1cc2ccccc2c(N=Nc2ccccc2)c1O. The van der Waals surface area contributed by atoms with Crippen molar-refractivity contribution in [1.29, 1.82) is 0 Å². The number of phenols is 4. The number of nitro benzene ring substituents is 5. The van der Waals surface area contributed by atoms with Crippen LogP contribution in [0.25, 0.3) is 43.1 Å². The van der Waals surface area contributed by atoms with Gasteiger partial charge in [0.15, 0.2) is 5.75 Å². The Morgan fingerprint density at radius 1 is 0.403 bits per heavy atom. The average Bonchev–Trinajstić information content (AvgIpc) is 0.784. The van der Waals surface area contributed by atoms with Crippen molar-refractivity contribution in [2.75, 3.05) is 40.2 Å². The number of amides is 4. The third kappa shape index (κ3) is 27.7. The first kappa shape index (κ1) is 106. The number of benzene rings is 16. The van der Waals surface area contributed by atoms with Gasteiger partial charge in [0.05, 0.1) is 74.2 Å². The second-order valence-electron chi connectivity index (χ2n) is 30.2. The quantitative estimate of drug-likeness (QED) is 0.00634. The predicted molar refractivity (Wildman–Crippen MR) is 549 cm³/mol. The average molecular weight is 2050 g/mol. The number of para-hydroxylation sites is 1. The summed E-state index contributed by atoms with van der Waals surface area (Å²) in [5.41, 5.74) is 2.09. The number of azo groups is 2. The summed E-state index contributed by atoms with van der Waals surface area (Å²) in [6.45, 7) is 5.82. The smallest absolute Gasteiger partial charge is 0.332 e. The number of hydrogen-bond donors (Lipinski definition) is 10. The van der Waals surface area contributed by atoms with Crippen LogP contribution >= 0.6 is 34.8 Å². The van der Waals surface area contributed by atoms with E-state index >= 15 is 0 Å². The Balaban J connectivity index is 0.000000167. The minimum absolute atomic E-state index is 0.00907. The van der Waals surface area contributed by atoms with Gasteiger partial charge < -0.3 is 47.0 Å². The van der Waals surface area contributed by atoms with Crippen LogP contribution in [-0.4, -0.2) is 105 Å². The monoisotopic (exact) mass is 2040 g/mol. The minimum atomic E-state index is -5.14. The molecule has 0 bridgehead atoms. The molecule has 0 spiro atoms. The van der Waals surface area contributed by atoms with E-state index in [1.807, 2.05) is 92.7 Å². The fourth-order valence-corrected chi connectivity index (χ4v) is 15.7. The summed E-state index contributed by atoms with van der Waals surface area (Å²) in [5.74, 6) is -3.59. The third-order valence-electron chi connectivity index (χ3n) is 20.6. The zero-order chi connectivity index (χ0) is 104. The van der Waals surface area contributed by atoms with Crippen molar-refractivity contribution in [3.05, 3.63) is 403 Å². The molecular formula is C100H80Cl3FN16O22S2. The van der Waals surface area contributed by atoms with Gasteiger partial charge in [-0.25, -0.2) is 13.1 Å². The molecule has 38 nitrogen and oxygen atoms in total. The van der Waals surface area contributed by atoms with Crippen LogP contribution in [0.1, 0.15) is 73.7 Å². The second kappa shape index (κ2) is 49.0. The first-order valence-corrected chi connectivity index (χ1v) is 46.4. The molecule has 0 aliphatic heterocycles. The molecule has 16 aromatic rings. The highest BCUT2D eigenvalue weighted by atomic mass is 35.5. The number of aromatic hydroxyl groups is 4. The van der Waals surface area contributed by atoms with Gasteiger partial charge in [0.25, 0.3) is 52.1 Å². The number of unbranched alkanes of at least 4 members (excludes halogenated alkanes) is 1. The van der Waals surface area contributed by atoms with Gasteiger partial charge in [0, 0.05) is 104 Å². The van der Waals surface area contributed by atoms with Gasteiger partial charge >= 0.3 is 10.2 Å². The molecule has 0 atom stereocenters. The van der Waals surface area contributed by atoms with Gasteiger partial charge in [-0.1, -0.05) is 206 Å². The molecule has 0 aromatic heterocycles. The predicted octanol–water partition coefficient (Wildman–Crippen LogP) is 25.7. The lowest BCUT2D eigenvalue weighted by molar-refractivity contribution is -0.393. The number of aryl methyl sites for hydroxylation is 1. The van der Waals surface area contributed by atoms with E-state index in [0.29, 0.717) is 77.2 Å². The molecule has 144 heavy (non-hydrogen) atoms. The van der Waals surface area contributed by atoms with Crippen molar-refractivity contribution in [3.8, 4) is 23.0 Å². The number of nitrogens with one attached hydrogen (secondary N) is 6. The Labute approximate surface area is 832 Å². The summed E-state index contributed by atoms with van der Waals surface area (Å²) in [5, 5.41) is 132. The maximum Gasteiger partial charge on any atom is 0.332 e. The fourth-order valence-electron chi connectivity index (χ4n) is 13.6. The van der Waals surface area contributed by atoms with E-state index in [4.69, 9.17) is 34.8 Å². The van der Waals surface area contributed by atoms with Crippen molar-refractivity contribution in [1.82, 2.24) is 4.72 Å². The van der Waals surface area contributed by atoms with Crippen LogP contribution < -0.4 is 31.3 Å².